The fourth-order valence-corrected chi connectivity index (χ4v) is 1.75. The summed E-state index contributed by atoms with van der Waals surface area (Å²) < 4.78 is 0. The highest BCUT2D eigenvalue weighted by Crippen LogP contribution is 2.16. The Kier molecular flexibility index (Phi) is 3.56. The molecule has 5 nitrogen and oxygen atoms in total. The normalized spacial score (nSPS) is 15.4. The van der Waals surface area contributed by atoms with Crippen LogP contribution in [-0.2, 0) is 4.79 Å². The third-order valence-corrected chi connectivity index (χ3v) is 2.82. The second kappa shape index (κ2) is 5.12. The highest BCUT2D eigenvalue weighted by atomic mass is 16.1. The molecule has 0 aromatic carbocycles. The minimum absolute atomic E-state index is 0.0116. The van der Waals surface area contributed by atoms with Crippen molar-refractivity contribution in [3.05, 3.63) is 12.4 Å². The van der Waals surface area contributed by atoms with Gasteiger partial charge >= 0.3 is 0 Å². The van der Waals surface area contributed by atoms with Crippen LogP contribution in [0.15, 0.2) is 12.4 Å². The van der Waals surface area contributed by atoms with Crippen molar-refractivity contribution in [1.82, 2.24) is 9.97 Å². The summed E-state index contributed by atoms with van der Waals surface area (Å²) in [5.41, 5.74) is 0.659. The van der Waals surface area contributed by atoms with Crippen molar-refractivity contribution in [2.75, 3.05) is 23.3 Å². The molecule has 5 heteroatoms. The average Bonchev–Trinajstić information content (AvgIpc) is 2.83. The molecule has 1 saturated heterocycles. The monoisotopic (exact) mass is 234 g/mol. The van der Waals surface area contributed by atoms with Crippen LogP contribution in [0.2, 0.25) is 0 Å². The van der Waals surface area contributed by atoms with Gasteiger partial charge in [0.2, 0.25) is 11.9 Å². The Morgan fingerprint density at radius 2 is 1.88 bits per heavy atom. The van der Waals surface area contributed by atoms with Crippen molar-refractivity contribution in [3.63, 3.8) is 0 Å². The lowest BCUT2D eigenvalue weighted by atomic mass is 10.2. The maximum Gasteiger partial charge on any atom is 0.227 e. The number of carbonyl (C=O) groups is 1. The third kappa shape index (κ3) is 2.93. The topological polar surface area (TPSA) is 58.1 Å². The Morgan fingerprint density at radius 3 is 2.41 bits per heavy atom. The SMILES string of the molecule is CC(C)C(=O)Nc1cnc(N2CCCC2)nc1. The van der Waals surface area contributed by atoms with E-state index in [-0.39, 0.29) is 11.8 Å². The van der Waals surface area contributed by atoms with E-state index in [0.29, 0.717) is 5.69 Å². The average molecular weight is 234 g/mol. The highest BCUT2D eigenvalue weighted by Gasteiger charge is 2.14. The molecule has 0 spiro atoms. The van der Waals surface area contributed by atoms with Crippen LogP contribution in [0.1, 0.15) is 26.7 Å². The molecule has 2 rings (SSSR count). The zero-order valence-electron chi connectivity index (χ0n) is 10.3. The van der Waals surface area contributed by atoms with Gasteiger partial charge in [0.15, 0.2) is 0 Å². The first-order valence-electron chi connectivity index (χ1n) is 6.04. The first-order valence-corrected chi connectivity index (χ1v) is 6.04. The number of nitrogens with one attached hydrogen (secondary N) is 1. The molecule has 1 aliphatic rings. The molecule has 0 aliphatic carbocycles. The summed E-state index contributed by atoms with van der Waals surface area (Å²) in [7, 11) is 0. The smallest absolute Gasteiger partial charge is 0.227 e. The van der Waals surface area contributed by atoms with Crippen LogP contribution in [0.4, 0.5) is 11.6 Å². The van der Waals surface area contributed by atoms with E-state index < -0.39 is 0 Å². The molecular weight excluding hydrogens is 216 g/mol. The van der Waals surface area contributed by atoms with Crippen molar-refractivity contribution in [1.29, 1.82) is 0 Å². The number of nitrogens with zero attached hydrogens (tertiary/aromatic N) is 3. The Balaban J connectivity index is 2.00. The summed E-state index contributed by atoms with van der Waals surface area (Å²) in [6.45, 7) is 5.76. The van der Waals surface area contributed by atoms with E-state index in [4.69, 9.17) is 0 Å². The predicted molar refractivity (Wildman–Crippen MR) is 66.9 cm³/mol. The minimum Gasteiger partial charge on any atom is -0.341 e. The first-order chi connectivity index (χ1) is 8.16. The third-order valence-electron chi connectivity index (χ3n) is 2.82. The standard InChI is InChI=1S/C12H18N4O/c1-9(2)11(17)15-10-7-13-12(14-8-10)16-5-3-4-6-16/h7-9H,3-6H2,1-2H3,(H,15,17). The molecule has 0 bridgehead atoms. The van der Waals surface area contributed by atoms with E-state index in [1.54, 1.807) is 12.4 Å². The molecule has 0 radical (unpaired) electrons. The quantitative estimate of drug-likeness (QED) is 0.864. The minimum atomic E-state index is -0.0340. The zero-order chi connectivity index (χ0) is 12.3. The molecular formula is C12H18N4O. The van der Waals surface area contributed by atoms with Gasteiger partial charge in [-0.05, 0) is 12.8 Å². The fourth-order valence-electron chi connectivity index (χ4n) is 1.75. The molecule has 1 amide bonds. The lowest BCUT2D eigenvalue weighted by molar-refractivity contribution is -0.118. The maximum atomic E-state index is 11.5. The van der Waals surface area contributed by atoms with E-state index in [0.717, 1.165) is 19.0 Å². The second-order valence-corrected chi connectivity index (χ2v) is 4.61. The van der Waals surface area contributed by atoms with Crippen molar-refractivity contribution in [2.24, 2.45) is 5.92 Å². The van der Waals surface area contributed by atoms with Crippen LogP contribution in [-0.4, -0.2) is 29.0 Å². The number of aromatic nitrogens is 2. The van der Waals surface area contributed by atoms with Gasteiger partial charge in [0.05, 0.1) is 18.1 Å². The number of hydrogen-bond acceptors (Lipinski definition) is 4. The van der Waals surface area contributed by atoms with Crippen LogP contribution in [0.25, 0.3) is 0 Å². The van der Waals surface area contributed by atoms with Crippen molar-refractivity contribution >= 4 is 17.5 Å². The Hall–Kier alpha value is -1.65. The van der Waals surface area contributed by atoms with Gasteiger partial charge in [0.1, 0.15) is 0 Å². The lowest BCUT2D eigenvalue weighted by Gasteiger charge is -2.15. The van der Waals surface area contributed by atoms with E-state index in [1.165, 1.54) is 12.8 Å². The molecule has 1 aliphatic heterocycles. The van der Waals surface area contributed by atoms with Gasteiger partial charge < -0.3 is 10.2 Å². The fraction of sp³-hybridized carbons (Fsp3) is 0.583. The molecule has 0 atom stereocenters. The van der Waals surface area contributed by atoms with E-state index in [1.807, 2.05) is 13.8 Å². The maximum absolute atomic E-state index is 11.5. The van der Waals surface area contributed by atoms with Gasteiger partial charge in [0.25, 0.3) is 0 Å². The Morgan fingerprint density at radius 1 is 1.29 bits per heavy atom. The van der Waals surface area contributed by atoms with Crippen molar-refractivity contribution in [3.8, 4) is 0 Å². The summed E-state index contributed by atoms with van der Waals surface area (Å²) in [5.74, 6) is 0.709. The molecule has 1 fully saturated rings. The molecule has 17 heavy (non-hydrogen) atoms. The van der Waals surface area contributed by atoms with Crippen LogP contribution in [0.3, 0.4) is 0 Å². The summed E-state index contributed by atoms with van der Waals surface area (Å²) in [6.07, 6.45) is 5.74. The molecule has 92 valence electrons. The zero-order valence-corrected chi connectivity index (χ0v) is 10.3. The molecule has 1 N–H and O–H groups in total. The van der Waals surface area contributed by atoms with Gasteiger partial charge in [-0.1, -0.05) is 13.8 Å². The first kappa shape index (κ1) is 11.8. The lowest BCUT2D eigenvalue weighted by Crippen LogP contribution is -2.21. The number of anilines is 2. The number of hydrogen-bond donors (Lipinski definition) is 1. The number of carbonyl (C=O) groups excluding carboxylic acids is 1. The summed E-state index contributed by atoms with van der Waals surface area (Å²) in [5, 5.41) is 2.78. The summed E-state index contributed by atoms with van der Waals surface area (Å²) >= 11 is 0. The van der Waals surface area contributed by atoms with Crippen molar-refractivity contribution < 1.29 is 4.79 Å². The van der Waals surface area contributed by atoms with Gasteiger partial charge in [0, 0.05) is 19.0 Å². The predicted octanol–water partition coefficient (Wildman–Crippen LogP) is 1.67. The van der Waals surface area contributed by atoms with E-state index in [9.17, 15) is 4.79 Å². The second-order valence-electron chi connectivity index (χ2n) is 4.61. The Bertz CT molecular complexity index is 382. The van der Waals surface area contributed by atoms with Crippen LogP contribution >= 0.6 is 0 Å². The molecule has 0 unspecified atom stereocenters. The van der Waals surface area contributed by atoms with Gasteiger partial charge in [-0.3, -0.25) is 4.79 Å². The van der Waals surface area contributed by atoms with E-state index in [2.05, 4.69) is 20.2 Å². The van der Waals surface area contributed by atoms with Gasteiger partial charge in [-0.15, -0.1) is 0 Å². The number of amides is 1. The molecule has 0 saturated carbocycles. The largest absolute Gasteiger partial charge is 0.341 e. The van der Waals surface area contributed by atoms with Crippen LogP contribution in [0.5, 0.6) is 0 Å². The van der Waals surface area contributed by atoms with Gasteiger partial charge in [-0.25, -0.2) is 9.97 Å². The van der Waals surface area contributed by atoms with Crippen LogP contribution in [0, 0.1) is 5.92 Å². The molecule has 1 aromatic rings. The van der Waals surface area contributed by atoms with Crippen LogP contribution < -0.4 is 10.2 Å². The highest BCUT2D eigenvalue weighted by molar-refractivity contribution is 5.91. The molecule has 1 aromatic heterocycles. The van der Waals surface area contributed by atoms with Gasteiger partial charge in [-0.2, -0.15) is 0 Å². The summed E-state index contributed by atoms with van der Waals surface area (Å²) in [6, 6.07) is 0. The van der Waals surface area contributed by atoms with Crippen molar-refractivity contribution in [2.45, 2.75) is 26.7 Å². The molecule has 2 heterocycles. The van der Waals surface area contributed by atoms with E-state index >= 15 is 0 Å². The Labute approximate surface area is 101 Å². The number of rotatable bonds is 3. The summed E-state index contributed by atoms with van der Waals surface area (Å²) in [4.78, 5) is 22.2.